The number of hydrogen-bond acceptors (Lipinski definition) is 5. The van der Waals surface area contributed by atoms with Crippen molar-refractivity contribution in [3.05, 3.63) is 0 Å². The summed E-state index contributed by atoms with van der Waals surface area (Å²) in [7, 11) is 3.37. The van der Waals surface area contributed by atoms with Gasteiger partial charge in [-0.25, -0.2) is 0 Å². The summed E-state index contributed by atoms with van der Waals surface area (Å²) in [6.07, 6.45) is 0.600. The first-order chi connectivity index (χ1) is 9.58. The Labute approximate surface area is 117 Å². The molecule has 3 rings (SSSR count). The predicted octanol–water partition coefficient (Wildman–Crippen LogP) is -0.676. The molecule has 0 aliphatic carbocycles. The van der Waals surface area contributed by atoms with E-state index in [4.69, 9.17) is 9.57 Å². The zero-order valence-corrected chi connectivity index (χ0v) is 11.7. The molecule has 0 aromatic rings. The van der Waals surface area contributed by atoms with Crippen molar-refractivity contribution in [2.45, 2.75) is 12.5 Å². The van der Waals surface area contributed by atoms with E-state index in [0.717, 1.165) is 6.42 Å². The fraction of sp³-hybridized carbons (Fsp3) is 0.769. The minimum Gasteiger partial charge on any atom is -0.389 e. The summed E-state index contributed by atoms with van der Waals surface area (Å²) in [4.78, 5) is 32.9. The van der Waals surface area contributed by atoms with Gasteiger partial charge in [-0.1, -0.05) is 5.16 Å². The van der Waals surface area contributed by atoms with E-state index in [1.54, 1.807) is 19.0 Å². The van der Waals surface area contributed by atoms with E-state index in [1.165, 1.54) is 4.90 Å². The molecule has 1 unspecified atom stereocenters. The number of hydrogen-bond donors (Lipinski definition) is 0. The molecule has 7 nitrogen and oxygen atoms in total. The van der Waals surface area contributed by atoms with E-state index in [0.29, 0.717) is 32.0 Å². The third kappa shape index (κ3) is 2.15. The number of ether oxygens (including phenoxy) is 1. The summed E-state index contributed by atoms with van der Waals surface area (Å²) in [5.74, 6) is -0.178. The van der Waals surface area contributed by atoms with Crippen LogP contribution in [-0.2, 0) is 19.2 Å². The van der Waals surface area contributed by atoms with E-state index in [2.05, 4.69) is 5.16 Å². The van der Waals surface area contributed by atoms with Crippen LogP contribution < -0.4 is 0 Å². The lowest BCUT2D eigenvalue weighted by Gasteiger charge is -2.20. The number of nitrogens with zero attached hydrogens (tertiary/aromatic N) is 3. The predicted molar refractivity (Wildman–Crippen MR) is 70.0 cm³/mol. The van der Waals surface area contributed by atoms with Gasteiger partial charge in [-0.05, 0) is 6.42 Å². The highest BCUT2D eigenvalue weighted by Crippen LogP contribution is 2.29. The second kappa shape index (κ2) is 5.05. The first-order valence-electron chi connectivity index (χ1n) is 6.90. The second-order valence-corrected chi connectivity index (χ2v) is 5.73. The van der Waals surface area contributed by atoms with E-state index in [1.807, 2.05) is 0 Å². The Bertz CT molecular complexity index is 457. The molecule has 0 saturated carbocycles. The summed E-state index contributed by atoms with van der Waals surface area (Å²) in [6.45, 7) is 2.18. The Kier molecular flexibility index (Phi) is 3.37. The molecule has 2 fully saturated rings. The zero-order valence-electron chi connectivity index (χ0n) is 11.7. The summed E-state index contributed by atoms with van der Waals surface area (Å²) in [5.41, 5.74) is 0.429. The van der Waals surface area contributed by atoms with Crippen molar-refractivity contribution in [3.8, 4) is 0 Å². The Balaban J connectivity index is 1.66. The van der Waals surface area contributed by atoms with Crippen LogP contribution in [0.4, 0.5) is 0 Å². The zero-order chi connectivity index (χ0) is 14.3. The first-order valence-corrected chi connectivity index (χ1v) is 6.90. The van der Waals surface area contributed by atoms with Crippen molar-refractivity contribution in [2.24, 2.45) is 17.0 Å². The third-order valence-electron chi connectivity index (χ3n) is 4.12. The number of carbonyl (C=O) groups is 2. The van der Waals surface area contributed by atoms with E-state index >= 15 is 0 Å². The number of oxime groups is 1. The lowest BCUT2D eigenvalue weighted by molar-refractivity contribution is -0.135. The second-order valence-electron chi connectivity index (χ2n) is 5.73. The van der Waals surface area contributed by atoms with Crippen molar-refractivity contribution in [1.82, 2.24) is 9.80 Å². The molecule has 3 aliphatic rings. The van der Waals surface area contributed by atoms with Crippen LogP contribution in [0.2, 0.25) is 0 Å². The standard InChI is InChI=1S/C13H19N3O4/c1-15(2)13(18)11-9-5-16(6-10(9)20-14-11)12(17)8-3-4-19-7-8/h8-10H,3-7H2,1-2H3/t8?,9-,10+/m0/s1. The van der Waals surface area contributed by atoms with Gasteiger partial charge in [0.1, 0.15) is 0 Å². The monoisotopic (exact) mass is 281 g/mol. The van der Waals surface area contributed by atoms with Crippen molar-refractivity contribution in [1.29, 1.82) is 0 Å². The normalized spacial score (nSPS) is 31.8. The summed E-state index contributed by atoms with van der Waals surface area (Å²) in [5, 5.41) is 3.90. The first kappa shape index (κ1) is 13.4. The van der Waals surface area contributed by atoms with E-state index in [9.17, 15) is 9.59 Å². The highest BCUT2D eigenvalue weighted by atomic mass is 16.6. The van der Waals surface area contributed by atoms with Crippen LogP contribution in [0.15, 0.2) is 5.16 Å². The van der Waals surface area contributed by atoms with Crippen LogP contribution >= 0.6 is 0 Å². The van der Waals surface area contributed by atoms with Gasteiger partial charge in [0.15, 0.2) is 11.8 Å². The number of likely N-dealkylation sites (tertiary alicyclic amines) is 1. The molecule has 3 heterocycles. The van der Waals surface area contributed by atoms with Gasteiger partial charge in [0, 0.05) is 27.2 Å². The lowest BCUT2D eigenvalue weighted by atomic mass is 10.00. The van der Waals surface area contributed by atoms with Crippen molar-refractivity contribution >= 4 is 17.5 Å². The molecule has 3 atom stereocenters. The minimum atomic E-state index is -0.180. The van der Waals surface area contributed by atoms with Crippen LogP contribution in [0.25, 0.3) is 0 Å². The molecule has 7 heteroatoms. The van der Waals surface area contributed by atoms with Crippen molar-refractivity contribution in [3.63, 3.8) is 0 Å². The lowest BCUT2D eigenvalue weighted by Crippen LogP contribution is -2.38. The van der Waals surface area contributed by atoms with Gasteiger partial charge in [-0.2, -0.15) is 0 Å². The van der Waals surface area contributed by atoms with Crippen molar-refractivity contribution < 1.29 is 19.2 Å². The molecular weight excluding hydrogens is 262 g/mol. The molecule has 0 aromatic heterocycles. The third-order valence-corrected chi connectivity index (χ3v) is 4.12. The average Bonchev–Trinajstić information content (AvgIpc) is 3.12. The Morgan fingerprint density at radius 1 is 1.35 bits per heavy atom. The molecule has 0 radical (unpaired) electrons. The smallest absolute Gasteiger partial charge is 0.271 e. The Morgan fingerprint density at radius 3 is 2.80 bits per heavy atom. The van der Waals surface area contributed by atoms with E-state index < -0.39 is 0 Å². The van der Waals surface area contributed by atoms with Gasteiger partial charge in [-0.3, -0.25) is 9.59 Å². The molecule has 0 bridgehead atoms. The Hall–Kier alpha value is -1.63. The maximum absolute atomic E-state index is 12.3. The largest absolute Gasteiger partial charge is 0.389 e. The number of amides is 2. The maximum Gasteiger partial charge on any atom is 0.271 e. The maximum atomic E-state index is 12.3. The number of rotatable bonds is 2. The number of carbonyl (C=O) groups excluding carboxylic acids is 2. The molecule has 2 amide bonds. The van der Waals surface area contributed by atoms with Gasteiger partial charge in [0.25, 0.3) is 5.91 Å². The molecular formula is C13H19N3O4. The highest BCUT2D eigenvalue weighted by Gasteiger charge is 2.47. The van der Waals surface area contributed by atoms with Crippen LogP contribution in [0.5, 0.6) is 0 Å². The fourth-order valence-electron chi connectivity index (χ4n) is 2.93. The molecule has 3 aliphatic heterocycles. The van der Waals surface area contributed by atoms with Crippen LogP contribution in [-0.4, -0.2) is 73.8 Å². The SMILES string of the molecule is CN(C)C(=O)C1=NO[C@@H]2CN(C(=O)C3CCOC3)C[C@H]12. The minimum absolute atomic E-state index is 0.0428. The van der Waals surface area contributed by atoms with Crippen LogP contribution in [0.3, 0.4) is 0 Å². The number of fused-ring (bicyclic) bond motifs is 1. The van der Waals surface area contributed by atoms with E-state index in [-0.39, 0.29) is 29.8 Å². The topological polar surface area (TPSA) is 71.4 Å². The van der Waals surface area contributed by atoms with Crippen molar-refractivity contribution in [2.75, 3.05) is 40.4 Å². The van der Waals surface area contributed by atoms with Crippen LogP contribution in [0.1, 0.15) is 6.42 Å². The molecule has 0 spiro atoms. The quantitative estimate of drug-likeness (QED) is 0.672. The summed E-state index contributed by atoms with van der Waals surface area (Å²) < 4.78 is 5.26. The molecule has 0 aromatic carbocycles. The Morgan fingerprint density at radius 2 is 2.15 bits per heavy atom. The summed E-state index contributed by atoms with van der Waals surface area (Å²) >= 11 is 0. The van der Waals surface area contributed by atoms with Gasteiger partial charge in [-0.15, -0.1) is 0 Å². The van der Waals surface area contributed by atoms with Gasteiger partial charge >= 0.3 is 0 Å². The van der Waals surface area contributed by atoms with Gasteiger partial charge in [0.05, 0.1) is 25.0 Å². The molecule has 110 valence electrons. The van der Waals surface area contributed by atoms with Gasteiger partial charge in [0.2, 0.25) is 5.91 Å². The van der Waals surface area contributed by atoms with Gasteiger partial charge < -0.3 is 19.4 Å². The molecule has 2 saturated heterocycles. The molecule has 0 N–H and O–H groups in total. The fourth-order valence-corrected chi connectivity index (χ4v) is 2.93. The molecule has 20 heavy (non-hydrogen) atoms. The highest BCUT2D eigenvalue weighted by molar-refractivity contribution is 6.40. The average molecular weight is 281 g/mol. The summed E-state index contributed by atoms with van der Waals surface area (Å²) in [6, 6.07) is 0. The van der Waals surface area contributed by atoms with Crippen LogP contribution in [0, 0.1) is 11.8 Å².